The van der Waals surface area contributed by atoms with Crippen LogP contribution in [0.3, 0.4) is 0 Å². The third-order valence-electron chi connectivity index (χ3n) is 2.75. The fraction of sp³-hybridized carbons (Fsp3) is 0.125. The lowest BCUT2D eigenvalue weighted by atomic mass is 10.1. The van der Waals surface area contributed by atoms with E-state index in [2.05, 4.69) is 28.7 Å². The van der Waals surface area contributed by atoms with Crippen LogP contribution in [-0.4, -0.2) is 12.4 Å². The monoisotopic (exact) mass is 377 g/mol. The van der Waals surface area contributed by atoms with E-state index >= 15 is 0 Å². The largest absolute Gasteiger partial charge is 0.369 e. The number of hydrogen-bond donors (Lipinski definition) is 0. The molecule has 4 heteroatoms. The van der Waals surface area contributed by atoms with E-state index in [1.165, 1.54) is 0 Å². The molecule has 0 radical (unpaired) electrons. The van der Waals surface area contributed by atoms with Gasteiger partial charge < -0.3 is 4.74 Å². The van der Waals surface area contributed by atoms with Crippen molar-refractivity contribution in [2.24, 2.45) is 0 Å². The molecule has 0 bridgehead atoms. The molecule has 0 aliphatic rings. The van der Waals surface area contributed by atoms with Crippen LogP contribution in [0.1, 0.15) is 21.5 Å². The van der Waals surface area contributed by atoms with Gasteiger partial charge in [-0.2, -0.15) is 5.26 Å². The molecule has 0 spiro atoms. The van der Waals surface area contributed by atoms with Gasteiger partial charge in [-0.05, 0) is 40.3 Å². The molecule has 2 aromatic rings. The maximum absolute atomic E-state index is 11.8. The summed E-state index contributed by atoms with van der Waals surface area (Å²) >= 11 is 2.12. The van der Waals surface area contributed by atoms with E-state index in [1.807, 2.05) is 30.3 Å². The van der Waals surface area contributed by atoms with Crippen molar-refractivity contribution in [1.82, 2.24) is 0 Å². The minimum absolute atomic E-state index is 0.0334. The van der Waals surface area contributed by atoms with E-state index < -0.39 is 0 Å². The van der Waals surface area contributed by atoms with Crippen molar-refractivity contribution in [3.05, 3.63) is 68.8 Å². The van der Waals surface area contributed by atoms with E-state index in [9.17, 15) is 4.79 Å². The van der Waals surface area contributed by atoms with Gasteiger partial charge in [-0.1, -0.05) is 36.4 Å². The highest BCUT2D eigenvalue weighted by molar-refractivity contribution is 14.1. The van der Waals surface area contributed by atoms with Gasteiger partial charge in [0, 0.05) is 9.13 Å². The van der Waals surface area contributed by atoms with Gasteiger partial charge in [0.05, 0.1) is 12.2 Å². The maximum Gasteiger partial charge on any atom is 0.188 e. The van der Waals surface area contributed by atoms with Gasteiger partial charge in [0.1, 0.15) is 12.7 Å². The van der Waals surface area contributed by atoms with Crippen molar-refractivity contribution in [2.45, 2.75) is 6.61 Å². The van der Waals surface area contributed by atoms with Crippen LogP contribution in [0.5, 0.6) is 0 Å². The smallest absolute Gasteiger partial charge is 0.188 e. The molecule has 2 rings (SSSR count). The third-order valence-corrected chi connectivity index (χ3v) is 3.64. The zero-order valence-electron chi connectivity index (χ0n) is 10.7. The van der Waals surface area contributed by atoms with Crippen LogP contribution < -0.4 is 0 Å². The molecule has 100 valence electrons. The molecule has 0 N–H and O–H groups in total. The Bertz CT molecular complexity index is 647. The lowest BCUT2D eigenvalue weighted by Gasteiger charge is -2.05. The van der Waals surface area contributed by atoms with Crippen LogP contribution in [0.15, 0.2) is 48.5 Å². The van der Waals surface area contributed by atoms with Crippen LogP contribution in [0.2, 0.25) is 0 Å². The Hall–Kier alpha value is -1.71. The highest BCUT2D eigenvalue weighted by atomic mass is 127. The minimum Gasteiger partial charge on any atom is -0.369 e. The maximum atomic E-state index is 11.8. The third kappa shape index (κ3) is 3.89. The number of ketones is 1. The van der Waals surface area contributed by atoms with Crippen molar-refractivity contribution in [2.75, 3.05) is 6.61 Å². The number of rotatable bonds is 5. The van der Waals surface area contributed by atoms with E-state index in [-0.39, 0.29) is 12.4 Å². The first-order chi connectivity index (χ1) is 9.70. The first kappa shape index (κ1) is 14.7. The summed E-state index contributed by atoms with van der Waals surface area (Å²) < 4.78 is 6.32. The number of Topliss-reactive ketones (excluding diaryl/α,β-unsaturated/α-hetero) is 1. The number of carbonyl (C=O) groups excluding carboxylic acids is 1. The average Bonchev–Trinajstić information content (AvgIpc) is 2.48. The first-order valence-corrected chi connectivity index (χ1v) is 7.13. The highest BCUT2D eigenvalue weighted by Crippen LogP contribution is 2.14. The molecule has 0 saturated heterocycles. The van der Waals surface area contributed by atoms with Crippen LogP contribution in [0.25, 0.3) is 0 Å². The molecule has 0 amide bonds. The van der Waals surface area contributed by atoms with Gasteiger partial charge >= 0.3 is 0 Å². The fourth-order valence-electron chi connectivity index (χ4n) is 1.71. The topological polar surface area (TPSA) is 50.1 Å². The normalized spacial score (nSPS) is 10.0. The molecular weight excluding hydrogens is 365 g/mol. The number of benzene rings is 2. The van der Waals surface area contributed by atoms with Gasteiger partial charge in [0.25, 0.3) is 0 Å². The lowest BCUT2D eigenvalue weighted by molar-refractivity contribution is 0.0726. The standard InChI is InChI=1S/C16H12INO2/c17-15-8-12(6-7-14(15)9-18)10-20-11-16(19)13-4-2-1-3-5-13/h1-8H,10-11H2. The van der Waals surface area contributed by atoms with Crippen molar-refractivity contribution in [1.29, 1.82) is 5.26 Å². The summed E-state index contributed by atoms with van der Waals surface area (Å²) in [7, 11) is 0. The Morgan fingerprint density at radius 1 is 1.20 bits per heavy atom. The molecule has 0 heterocycles. The molecule has 2 aromatic carbocycles. The molecule has 20 heavy (non-hydrogen) atoms. The van der Waals surface area contributed by atoms with Crippen LogP contribution in [0.4, 0.5) is 0 Å². The Balaban J connectivity index is 1.89. The number of halogens is 1. The second-order valence-corrected chi connectivity index (χ2v) is 5.37. The Morgan fingerprint density at radius 2 is 1.95 bits per heavy atom. The van der Waals surface area contributed by atoms with E-state index in [0.29, 0.717) is 17.7 Å². The van der Waals surface area contributed by atoms with Crippen LogP contribution >= 0.6 is 22.6 Å². The Morgan fingerprint density at radius 3 is 2.60 bits per heavy atom. The second kappa shape index (κ2) is 7.17. The summed E-state index contributed by atoms with van der Waals surface area (Å²) in [6.07, 6.45) is 0. The van der Waals surface area contributed by atoms with Crippen LogP contribution in [-0.2, 0) is 11.3 Å². The summed E-state index contributed by atoms with van der Waals surface area (Å²) in [5.74, 6) is -0.0334. The predicted molar refractivity (Wildman–Crippen MR) is 84.3 cm³/mol. The minimum atomic E-state index is -0.0334. The molecule has 0 aromatic heterocycles. The SMILES string of the molecule is N#Cc1ccc(COCC(=O)c2ccccc2)cc1I. The molecule has 0 aliphatic heterocycles. The summed E-state index contributed by atoms with van der Waals surface area (Å²) in [5, 5.41) is 8.85. The summed E-state index contributed by atoms with van der Waals surface area (Å²) in [4.78, 5) is 11.8. The zero-order valence-corrected chi connectivity index (χ0v) is 12.8. The summed E-state index contributed by atoms with van der Waals surface area (Å²) in [6.45, 7) is 0.418. The van der Waals surface area contributed by atoms with Gasteiger partial charge in [-0.3, -0.25) is 4.79 Å². The first-order valence-electron chi connectivity index (χ1n) is 6.05. The number of nitrogens with zero attached hydrogens (tertiary/aromatic N) is 1. The molecule has 0 atom stereocenters. The summed E-state index contributed by atoms with van der Waals surface area (Å²) in [6, 6.07) is 16.7. The summed E-state index contributed by atoms with van der Waals surface area (Å²) in [5.41, 5.74) is 2.26. The molecule has 0 fully saturated rings. The zero-order chi connectivity index (χ0) is 14.4. The second-order valence-electron chi connectivity index (χ2n) is 4.21. The number of carbonyl (C=O) groups is 1. The molecule has 0 aliphatic carbocycles. The predicted octanol–water partition coefficient (Wildman–Crippen LogP) is 3.56. The lowest BCUT2D eigenvalue weighted by Crippen LogP contribution is -2.09. The van der Waals surface area contributed by atoms with Gasteiger partial charge in [0.15, 0.2) is 5.78 Å². The van der Waals surface area contributed by atoms with E-state index in [4.69, 9.17) is 10.00 Å². The van der Waals surface area contributed by atoms with E-state index in [0.717, 1.165) is 9.13 Å². The van der Waals surface area contributed by atoms with E-state index in [1.54, 1.807) is 18.2 Å². The molecule has 0 unspecified atom stereocenters. The number of nitriles is 1. The van der Waals surface area contributed by atoms with Crippen molar-refractivity contribution < 1.29 is 9.53 Å². The quantitative estimate of drug-likeness (QED) is 0.592. The van der Waals surface area contributed by atoms with Crippen molar-refractivity contribution in [3.63, 3.8) is 0 Å². The van der Waals surface area contributed by atoms with Gasteiger partial charge in [-0.15, -0.1) is 0 Å². The number of ether oxygens (including phenoxy) is 1. The number of hydrogen-bond acceptors (Lipinski definition) is 3. The Labute approximate surface area is 131 Å². The van der Waals surface area contributed by atoms with Gasteiger partial charge in [0.2, 0.25) is 0 Å². The van der Waals surface area contributed by atoms with Crippen molar-refractivity contribution in [3.8, 4) is 6.07 Å². The molecule has 3 nitrogen and oxygen atoms in total. The fourth-order valence-corrected chi connectivity index (χ4v) is 2.41. The molecular formula is C16H12INO2. The van der Waals surface area contributed by atoms with Gasteiger partial charge in [-0.25, -0.2) is 0 Å². The molecule has 0 saturated carbocycles. The average molecular weight is 377 g/mol. The Kier molecular flexibility index (Phi) is 5.27. The highest BCUT2D eigenvalue weighted by Gasteiger charge is 2.06. The van der Waals surface area contributed by atoms with Crippen molar-refractivity contribution >= 4 is 28.4 Å². The van der Waals surface area contributed by atoms with Crippen LogP contribution in [0, 0.1) is 14.9 Å².